The number of aliphatic carboxylic acids is 1. The van der Waals surface area contributed by atoms with Gasteiger partial charge in [0.25, 0.3) is 0 Å². The molecule has 162 valence electrons. The molecule has 1 aromatic rings. The number of benzene rings is 1. The van der Waals surface area contributed by atoms with Gasteiger partial charge in [-0.3, -0.25) is 0 Å². The van der Waals surface area contributed by atoms with Crippen LogP contribution in [0.5, 0.6) is 11.5 Å². The van der Waals surface area contributed by atoms with Crippen LogP contribution in [0.25, 0.3) is 0 Å². The van der Waals surface area contributed by atoms with E-state index in [0.717, 1.165) is 0 Å². The van der Waals surface area contributed by atoms with Crippen molar-refractivity contribution < 1.29 is 38.4 Å². The second-order valence-corrected chi connectivity index (χ2v) is 6.44. The molecule has 1 aromatic carbocycles. The molecular weight excluding hydrogens is 394 g/mol. The molecule has 0 spiro atoms. The monoisotopic (exact) mass is 419 g/mol. The summed E-state index contributed by atoms with van der Waals surface area (Å²) >= 11 is 0. The van der Waals surface area contributed by atoms with E-state index in [1.54, 1.807) is 39.0 Å². The molecule has 0 aromatic heterocycles. The van der Waals surface area contributed by atoms with Gasteiger partial charge >= 0.3 is 17.9 Å². The van der Waals surface area contributed by atoms with Gasteiger partial charge in [0.05, 0.1) is 37.9 Å². The number of allylic oxidation sites excluding steroid dienone is 2. The predicted molar refractivity (Wildman–Crippen MR) is 106 cm³/mol. The van der Waals surface area contributed by atoms with Crippen molar-refractivity contribution in [1.82, 2.24) is 5.32 Å². The molecule has 1 atom stereocenters. The Labute approximate surface area is 174 Å². The fourth-order valence-electron chi connectivity index (χ4n) is 3.32. The van der Waals surface area contributed by atoms with E-state index < -0.39 is 23.8 Å². The first-order valence-electron chi connectivity index (χ1n) is 9.21. The molecule has 0 fully saturated rings. The smallest absolute Gasteiger partial charge is 0.344 e. The van der Waals surface area contributed by atoms with Crippen LogP contribution < -0.4 is 14.8 Å². The van der Waals surface area contributed by atoms with E-state index in [1.807, 2.05) is 0 Å². The van der Waals surface area contributed by atoms with E-state index in [-0.39, 0.29) is 30.1 Å². The number of carboxylic acid groups (broad SMARTS) is 1. The minimum atomic E-state index is -1.18. The Morgan fingerprint density at radius 1 is 1.07 bits per heavy atom. The lowest BCUT2D eigenvalue weighted by molar-refractivity contribution is -0.145. The summed E-state index contributed by atoms with van der Waals surface area (Å²) in [5.41, 5.74) is 1.53. The molecule has 0 saturated heterocycles. The number of dihydropyridines is 1. The van der Waals surface area contributed by atoms with Crippen LogP contribution >= 0.6 is 0 Å². The minimum absolute atomic E-state index is 0.00232. The summed E-state index contributed by atoms with van der Waals surface area (Å²) in [6.07, 6.45) is 0. The van der Waals surface area contributed by atoms with Crippen molar-refractivity contribution in [2.24, 2.45) is 0 Å². The van der Waals surface area contributed by atoms with Crippen LogP contribution in [0.3, 0.4) is 0 Å². The number of carbonyl (C=O) groups excluding carboxylic acids is 2. The summed E-state index contributed by atoms with van der Waals surface area (Å²) in [7, 11) is 2.67. The van der Waals surface area contributed by atoms with Crippen LogP contribution in [-0.4, -0.2) is 50.4 Å². The van der Waals surface area contributed by atoms with Crippen molar-refractivity contribution in [3.05, 3.63) is 46.3 Å². The van der Waals surface area contributed by atoms with Crippen molar-refractivity contribution in [2.75, 3.05) is 27.4 Å². The first-order valence-corrected chi connectivity index (χ1v) is 9.21. The van der Waals surface area contributed by atoms with Crippen molar-refractivity contribution in [3.8, 4) is 11.5 Å². The van der Waals surface area contributed by atoms with E-state index in [2.05, 4.69) is 5.32 Å². The van der Waals surface area contributed by atoms with Gasteiger partial charge in [0.1, 0.15) is 0 Å². The van der Waals surface area contributed by atoms with Gasteiger partial charge < -0.3 is 29.4 Å². The number of carboxylic acids is 1. The standard InChI is InChI=1S/C21H25NO8/c1-6-29-16(23)10-30-15-9-13(7-8-14(15)27-4)19-17(20(24)25)11(2)22-12(3)18(19)21(26)28-5/h7-9,19,22H,6,10H2,1-5H3,(H,24,25). The summed E-state index contributed by atoms with van der Waals surface area (Å²) in [5, 5.41) is 12.7. The summed E-state index contributed by atoms with van der Waals surface area (Å²) in [6, 6.07) is 4.76. The second kappa shape index (κ2) is 9.82. The number of esters is 2. The summed E-state index contributed by atoms with van der Waals surface area (Å²) in [4.78, 5) is 36.2. The molecule has 9 heteroatoms. The molecule has 1 unspecified atom stereocenters. The number of hydrogen-bond acceptors (Lipinski definition) is 8. The van der Waals surface area contributed by atoms with E-state index in [0.29, 0.717) is 22.7 Å². The molecule has 0 bridgehead atoms. The normalized spacial score (nSPS) is 16.0. The maximum atomic E-state index is 12.5. The number of hydrogen-bond donors (Lipinski definition) is 2. The fraction of sp³-hybridized carbons (Fsp3) is 0.381. The number of methoxy groups -OCH3 is 2. The number of ether oxygens (including phenoxy) is 4. The molecular formula is C21H25NO8. The molecule has 30 heavy (non-hydrogen) atoms. The third kappa shape index (κ3) is 4.73. The average molecular weight is 419 g/mol. The highest BCUT2D eigenvalue weighted by atomic mass is 16.6. The Kier molecular flexibility index (Phi) is 7.46. The van der Waals surface area contributed by atoms with Crippen LogP contribution in [0.2, 0.25) is 0 Å². The second-order valence-electron chi connectivity index (χ2n) is 6.44. The van der Waals surface area contributed by atoms with Crippen molar-refractivity contribution >= 4 is 17.9 Å². The van der Waals surface area contributed by atoms with Gasteiger partial charge in [0, 0.05) is 11.4 Å². The van der Waals surface area contributed by atoms with Gasteiger partial charge in [0.2, 0.25) is 0 Å². The zero-order chi connectivity index (χ0) is 22.4. The lowest BCUT2D eigenvalue weighted by atomic mass is 9.80. The maximum Gasteiger partial charge on any atom is 0.344 e. The Balaban J connectivity index is 2.57. The maximum absolute atomic E-state index is 12.5. The highest BCUT2D eigenvalue weighted by Crippen LogP contribution is 2.41. The van der Waals surface area contributed by atoms with E-state index in [1.165, 1.54) is 14.2 Å². The number of carbonyl (C=O) groups is 3. The number of nitrogens with one attached hydrogen (secondary N) is 1. The molecule has 1 aliphatic heterocycles. The van der Waals surface area contributed by atoms with E-state index in [9.17, 15) is 19.5 Å². The van der Waals surface area contributed by atoms with Crippen LogP contribution in [-0.2, 0) is 23.9 Å². The Bertz CT molecular complexity index is 916. The summed E-state index contributed by atoms with van der Waals surface area (Å²) in [5.74, 6) is -2.74. The van der Waals surface area contributed by atoms with Gasteiger partial charge in [-0.25, -0.2) is 14.4 Å². The van der Waals surface area contributed by atoms with Gasteiger partial charge in [0.15, 0.2) is 18.1 Å². The van der Waals surface area contributed by atoms with E-state index in [4.69, 9.17) is 18.9 Å². The van der Waals surface area contributed by atoms with Gasteiger partial charge in [-0.05, 0) is 38.5 Å². The Hall–Kier alpha value is -3.49. The molecule has 1 aliphatic rings. The molecule has 1 heterocycles. The molecule has 9 nitrogen and oxygen atoms in total. The van der Waals surface area contributed by atoms with Crippen molar-refractivity contribution in [3.63, 3.8) is 0 Å². The van der Waals surface area contributed by atoms with Crippen molar-refractivity contribution in [2.45, 2.75) is 26.7 Å². The third-order valence-corrected chi connectivity index (χ3v) is 4.57. The molecule has 0 radical (unpaired) electrons. The number of rotatable bonds is 8. The summed E-state index contributed by atoms with van der Waals surface area (Å²) in [6.45, 7) is 4.84. The first-order chi connectivity index (χ1) is 14.2. The Morgan fingerprint density at radius 3 is 2.30 bits per heavy atom. The third-order valence-electron chi connectivity index (χ3n) is 4.57. The fourth-order valence-corrected chi connectivity index (χ4v) is 3.32. The topological polar surface area (TPSA) is 120 Å². The van der Waals surface area contributed by atoms with Gasteiger partial charge in [-0.2, -0.15) is 0 Å². The van der Waals surface area contributed by atoms with Crippen LogP contribution in [0, 0.1) is 0 Å². The largest absolute Gasteiger partial charge is 0.493 e. The quantitative estimate of drug-likeness (QED) is 0.610. The van der Waals surface area contributed by atoms with Crippen LogP contribution in [0.4, 0.5) is 0 Å². The highest BCUT2D eigenvalue weighted by Gasteiger charge is 2.37. The van der Waals surface area contributed by atoms with Crippen LogP contribution in [0.1, 0.15) is 32.3 Å². The molecule has 0 amide bonds. The molecule has 2 N–H and O–H groups in total. The lowest BCUT2D eigenvalue weighted by Gasteiger charge is -2.29. The molecule has 2 rings (SSSR count). The lowest BCUT2D eigenvalue weighted by Crippen LogP contribution is -2.31. The van der Waals surface area contributed by atoms with E-state index >= 15 is 0 Å². The Morgan fingerprint density at radius 2 is 1.73 bits per heavy atom. The SMILES string of the molecule is CCOC(=O)COc1cc(C2C(C(=O)O)=C(C)NC(C)=C2C(=O)OC)ccc1OC. The average Bonchev–Trinajstić information content (AvgIpc) is 2.70. The zero-order valence-corrected chi connectivity index (χ0v) is 17.5. The molecule has 0 aliphatic carbocycles. The highest BCUT2D eigenvalue weighted by molar-refractivity contribution is 5.99. The zero-order valence-electron chi connectivity index (χ0n) is 17.5. The van der Waals surface area contributed by atoms with Gasteiger partial charge in [-0.15, -0.1) is 0 Å². The van der Waals surface area contributed by atoms with Gasteiger partial charge in [-0.1, -0.05) is 6.07 Å². The predicted octanol–water partition coefficient (Wildman–Crippen LogP) is 2.13. The molecule has 0 saturated carbocycles. The summed E-state index contributed by atoms with van der Waals surface area (Å²) < 4.78 is 20.5. The first kappa shape index (κ1) is 22.8. The van der Waals surface area contributed by atoms with Crippen molar-refractivity contribution in [1.29, 1.82) is 0 Å². The minimum Gasteiger partial charge on any atom is -0.493 e. The van der Waals surface area contributed by atoms with Crippen LogP contribution in [0.15, 0.2) is 40.7 Å².